The summed E-state index contributed by atoms with van der Waals surface area (Å²) in [6, 6.07) is 0. The van der Waals surface area contributed by atoms with Gasteiger partial charge in [-0.3, -0.25) is 47.9 Å². The molecule has 9 unspecified atom stereocenters. The highest BCUT2D eigenvalue weighted by molar-refractivity contribution is 5.91. The molecular formula is C42H76N10O10. The van der Waals surface area contributed by atoms with Gasteiger partial charge in [-0.05, 0) is 64.2 Å². The molecule has 10 amide bonds. The van der Waals surface area contributed by atoms with Crippen molar-refractivity contribution < 1.29 is 47.9 Å². The molecule has 0 saturated carbocycles. The smallest absolute Gasteiger partial charge is 0.223 e. The average Bonchev–Trinajstić information content (AvgIpc) is 3.06. The van der Waals surface area contributed by atoms with Crippen molar-refractivity contribution in [1.29, 1.82) is 0 Å². The summed E-state index contributed by atoms with van der Waals surface area (Å²) in [5, 5.41) is 0. The number of rotatable bonds is 29. The van der Waals surface area contributed by atoms with Gasteiger partial charge in [0, 0.05) is 54.1 Å². The lowest BCUT2D eigenvalue weighted by molar-refractivity contribution is -0.144. The SMILES string of the molecule is CCC(C)(CC(C)(CC(C)(CC(C)(CC(C)(CC(C)(CC(C)(CC(C)(CC(C)(CC(C)(C)C(N)=O)C(N)=O)C(N)=O)C(N)=O)C(N)=O)C(N)=O)C(N)=O)C(N)=O)C(N)=O)C(N)=O. The molecule has 62 heavy (non-hydrogen) atoms. The van der Waals surface area contributed by atoms with Gasteiger partial charge in [-0.1, -0.05) is 83.1 Å². The van der Waals surface area contributed by atoms with E-state index in [0.29, 0.717) is 0 Å². The first-order valence-corrected chi connectivity index (χ1v) is 20.4. The Kier molecular flexibility index (Phi) is 17.0. The molecule has 0 spiro atoms. The lowest BCUT2D eigenvalue weighted by atomic mass is 9.55. The van der Waals surface area contributed by atoms with Crippen molar-refractivity contribution in [2.75, 3.05) is 0 Å². The third-order valence-electron chi connectivity index (χ3n) is 13.9. The quantitative estimate of drug-likeness (QED) is 0.0473. The van der Waals surface area contributed by atoms with E-state index < -0.39 is 145 Å². The summed E-state index contributed by atoms with van der Waals surface area (Å²) in [7, 11) is 0. The number of hydrogen-bond donors (Lipinski definition) is 10. The van der Waals surface area contributed by atoms with Gasteiger partial charge in [-0.25, -0.2) is 0 Å². The minimum atomic E-state index is -1.89. The van der Waals surface area contributed by atoms with Crippen LogP contribution in [0, 0.1) is 54.1 Å². The minimum absolute atomic E-state index is 0.187. The van der Waals surface area contributed by atoms with E-state index in [0.717, 1.165) is 0 Å². The lowest BCUT2D eigenvalue weighted by Gasteiger charge is -2.47. The molecular weight excluding hydrogens is 805 g/mol. The molecule has 354 valence electrons. The summed E-state index contributed by atoms with van der Waals surface area (Å²) in [6.07, 6.45) is -3.53. The predicted molar refractivity (Wildman–Crippen MR) is 231 cm³/mol. The minimum Gasteiger partial charge on any atom is -0.369 e. The predicted octanol–water partition coefficient (Wildman–Crippen LogP) is -0.157. The Bertz CT molecular complexity index is 1860. The van der Waals surface area contributed by atoms with Crippen molar-refractivity contribution in [3.8, 4) is 0 Å². The molecule has 0 aromatic carbocycles. The standard InChI is InChI=1S/C42H76N10O10/c1-13-34(4,24(44)54)15-36(6,26(46)56)17-38(8,28(48)58)19-40(10,30(50)60)21-42(12,32(52)62)22-41(11,31(51)61)20-39(9,29(49)59)18-37(7,27(47)57)16-35(5,25(45)55)14-33(2,3)23(43)53/h13-22H2,1-12H3,(H2,43,53)(H2,44,54)(H2,45,55)(H2,46,56)(H2,47,57)(H2,48,58)(H2,49,59)(H2,50,60)(H2,51,61)(H2,52,62). The Labute approximate surface area is 365 Å². The maximum Gasteiger partial charge on any atom is 0.223 e. The first-order valence-electron chi connectivity index (χ1n) is 20.4. The van der Waals surface area contributed by atoms with Crippen LogP contribution >= 0.6 is 0 Å². The largest absolute Gasteiger partial charge is 0.369 e. The van der Waals surface area contributed by atoms with Crippen LogP contribution in [0.2, 0.25) is 0 Å². The molecule has 0 rings (SSSR count). The zero-order chi connectivity index (χ0) is 49.8. The van der Waals surface area contributed by atoms with Crippen molar-refractivity contribution >= 4 is 59.1 Å². The number of hydrogen-bond acceptors (Lipinski definition) is 10. The van der Waals surface area contributed by atoms with Crippen molar-refractivity contribution in [3.05, 3.63) is 0 Å². The second-order valence-corrected chi connectivity index (χ2v) is 21.5. The first kappa shape index (κ1) is 56.7. The maximum atomic E-state index is 13.6. The van der Waals surface area contributed by atoms with Crippen LogP contribution in [0.15, 0.2) is 0 Å². The van der Waals surface area contributed by atoms with Gasteiger partial charge in [0.15, 0.2) is 0 Å². The van der Waals surface area contributed by atoms with E-state index >= 15 is 0 Å². The zero-order valence-corrected chi connectivity index (χ0v) is 38.9. The Morgan fingerprint density at radius 2 is 0.371 bits per heavy atom. The van der Waals surface area contributed by atoms with Crippen molar-refractivity contribution in [1.82, 2.24) is 0 Å². The fourth-order valence-electron chi connectivity index (χ4n) is 10.2. The number of nitrogens with two attached hydrogens (primary N) is 10. The first-order chi connectivity index (χ1) is 27.4. The van der Waals surface area contributed by atoms with Crippen LogP contribution in [0.4, 0.5) is 0 Å². The number of amides is 10. The summed E-state index contributed by atoms with van der Waals surface area (Å²) in [6.45, 7) is 17.2. The van der Waals surface area contributed by atoms with Crippen LogP contribution in [-0.4, -0.2) is 59.1 Å². The van der Waals surface area contributed by atoms with Crippen LogP contribution in [-0.2, 0) is 47.9 Å². The fraction of sp³-hybridized carbons (Fsp3) is 0.762. The van der Waals surface area contributed by atoms with E-state index in [1.165, 1.54) is 69.2 Å². The normalized spacial score (nSPS) is 20.8. The Morgan fingerprint density at radius 3 is 0.484 bits per heavy atom. The van der Waals surface area contributed by atoms with Gasteiger partial charge in [0.25, 0.3) is 0 Å². The van der Waals surface area contributed by atoms with Gasteiger partial charge in [-0.2, -0.15) is 0 Å². The van der Waals surface area contributed by atoms with Gasteiger partial charge in [0.05, 0.1) is 0 Å². The van der Waals surface area contributed by atoms with Gasteiger partial charge in [-0.15, -0.1) is 0 Å². The highest BCUT2D eigenvalue weighted by Gasteiger charge is 2.57. The summed E-state index contributed by atoms with van der Waals surface area (Å²) in [5.41, 5.74) is 42.2. The van der Waals surface area contributed by atoms with E-state index in [1.807, 2.05) is 0 Å². The molecule has 20 N–H and O–H groups in total. The third-order valence-corrected chi connectivity index (χ3v) is 13.9. The molecule has 0 aromatic rings. The molecule has 0 heterocycles. The van der Waals surface area contributed by atoms with Crippen LogP contribution in [0.25, 0.3) is 0 Å². The molecule has 20 heteroatoms. The Hall–Kier alpha value is -5.30. The van der Waals surface area contributed by atoms with Crippen molar-refractivity contribution in [3.63, 3.8) is 0 Å². The zero-order valence-electron chi connectivity index (χ0n) is 38.9. The Morgan fingerprint density at radius 1 is 0.242 bits per heavy atom. The molecule has 0 aliphatic carbocycles. The monoisotopic (exact) mass is 881 g/mol. The van der Waals surface area contributed by atoms with Gasteiger partial charge in [0.2, 0.25) is 59.1 Å². The molecule has 0 aromatic heterocycles. The number of carbonyl (C=O) groups excluding carboxylic acids is 10. The summed E-state index contributed by atoms with van der Waals surface area (Å²) in [5.74, 6) is -9.34. The van der Waals surface area contributed by atoms with Gasteiger partial charge < -0.3 is 57.3 Å². The van der Waals surface area contributed by atoms with Gasteiger partial charge in [0.1, 0.15) is 0 Å². The molecule has 20 nitrogen and oxygen atoms in total. The van der Waals surface area contributed by atoms with Crippen LogP contribution in [0.1, 0.15) is 147 Å². The average molecular weight is 881 g/mol. The van der Waals surface area contributed by atoms with Crippen molar-refractivity contribution in [2.24, 2.45) is 111 Å². The second-order valence-electron chi connectivity index (χ2n) is 21.5. The van der Waals surface area contributed by atoms with Crippen molar-refractivity contribution in [2.45, 2.75) is 147 Å². The number of carbonyl (C=O) groups is 10. The molecule has 0 aliphatic heterocycles. The maximum absolute atomic E-state index is 13.6. The molecule has 0 fully saturated rings. The summed E-state index contributed by atoms with van der Waals surface area (Å²) >= 11 is 0. The molecule has 0 saturated heterocycles. The molecule has 0 bridgehead atoms. The van der Waals surface area contributed by atoms with E-state index in [9.17, 15) is 47.9 Å². The van der Waals surface area contributed by atoms with E-state index in [2.05, 4.69) is 0 Å². The topological polar surface area (TPSA) is 431 Å². The van der Waals surface area contributed by atoms with E-state index in [4.69, 9.17) is 57.3 Å². The van der Waals surface area contributed by atoms with E-state index in [1.54, 1.807) is 13.8 Å². The molecule has 0 radical (unpaired) electrons. The van der Waals surface area contributed by atoms with Crippen LogP contribution < -0.4 is 57.3 Å². The summed E-state index contributed by atoms with van der Waals surface area (Å²) in [4.78, 5) is 132. The highest BCUT2D eigenvalue weighted by atomic mass is 16.2. The lowest BCUT2D eigenvalue weighted by Crippen LogP contribution is -2.54. The second kappa shape index (κ2) is 18.6. The molecule has 0 aliphatic rings. The van der Waals surface area contributed by atoms with E-state index in [-0.39, 0.29) is 32.1 Å². The molecule has 9 atom stereocenters. The number of primary amides is 10. The third kappa shape index (κ3) is 12.6. The highest BCUT2D eigenvalue weighted by Crippen LogP contribution is 2.55. The van der Waals surface area contributed by atoms with Crippen LogP contribution in [0.5, 0.6) is 0 Å². The Balaban J connectivity index is 7.51. The van der Waals surface area contributed by atoms with Gasteiger partial charge >= 0.3 is 0 Å². The van der Waals surface area contributed by atoms with Crippen LogP contribution in [0.3, 0.4) is 0 Å². The fourth-order valence-corrected chi connectivity index (χ4v) is 10.2. The summed E-state index contributed by atoms with van der Waals surface area (Å²) < 4.78 is 0.